The monoisotopic (exact) mass is 388 g/mol. The smallest absolute Gasteiger partial charge is 0.393 e. The van der Waals surface area contributed by atoms with Crippen molar-refractivity contribution in [1.29, 1.82) is 0 Å². The van der Waals surface area contributed by atoms with Gasteiger partial charge < -0.3 is 9.52 Å². The molecule has 1 aromatic carbocycles. The van der Waals surface area contributed by atoms with Crippen LogP contribution in [0.5, 0.6) is 0 Å². The Hall–Kier alpha value is -2.06. The van der Waals surface area contributed by atoms with Gasteiger partial charge in [0.05, 0.1) is 24.1 Å². The zero-order valence-electron chi connectivity index (χ0n) is 13.8. The molecule has 140 valence electrons. The van der Waals surface area contributed by atoms with Gasteiger partial charge >= 0.3 is 12.1 Å². The molecule has 26 heavy (non-hydrogen) atoms. The molecule has 3 rings (SSSR count). The van der Waals surface area contributed by atoms with E-state index in [4.69, 9.17) is 21.1 Å². The number of oxazole rings is 1. The van der Waals surface area contributed by atoms with Crippen LogP contribution in [0, 0.1) is 18.8 Å². The van der Waals surface area contributed by atoms with E-state index < -0.39 is 30.5 Å². The summed E-state index contributed by atoms with van der Waals surface area (Å²) in [5, 5.41) is 9.64. The molecule has 2 heterocycles. The summed E-state index contributed by atoms with van der Waals surface area (Å²) in [6.45, 7) is 1.17. The number of carbonyl (C=O) groups is 1. The highest BCUT2D eigenvalue weighted by molar-refractivity contribution is 6.30. The highest BCUT2D eigenvalue weighted by Gasteiger charge is 2.52. The van der Waals surface area contributed by atoms with Crippen molar-refractivity contribution in [1.82, 2.24) is 9.88 Å². The van der Waals surface area contributed by atoms with Crippen molar-refractivity contribution in [3.05, 3.63) is 40.9 Å². The van der Waals surface area contributed by atoms with Gasteiger partial charge in [-0.1, -0.05) is 11.6 Å². The largest absolute Gasteiger partial charge is 0.481 e. The molecular weight excluding hydrogens is 373 g/mol. The van der Waals surface area contributed by atoms with Gasteiger partial charge in [-0.2, -0.15) is 13.2 Å². The molecule has 1 aliphatic heterocycles. The molecule has 0 unspecified atom stereocenters. The van der Waals surface area contributed by atoms with E-state index in [1.54, 1.807) is 31.2 Å². The lowest BCUT2D eigenvalue weighted by molar-refractivity contribution is -0.188. The fourth-order valence-corrected chi connectivity index (χ4v) is 3.30. The van der Waals surface area contributed by atoms with Crippen molar-refractivity contribution in [3.63, 3.8) is 0 Å². The molecule has 0 bridgehead atoms. The average molecular weight is 389 g/mol. The second kappa shape index (κ2) is 6.92. The van der Waals surface area contributed by atoms with E-state index >= 15 is 0 Å². The summed E-state index contributed by atoms with van der Waals surface area (Å²) in [7, 11) is 0. The number of benzene rings is 1. The molecule has 1 saturated heterocycles. The molecule has 1 fully saturated rings. The SMILES string of the molecule is Cc1nc(CN2C[C@@H](C(F)(F)F)[C@H](C(=O)O)C2)oc1-c1ccc(Cl)cc1. The first-order valence-electron chi connectivity index (χ1n) is 7.89. The number of aromatic nitrogens is 1. The predicted octanol–water partition coefficient (Wildman–Crippen LogP) is 4.00. The molecule has 9 heteroatoms. The van der Waals surface area contributed by atoms with Crippen molar-refractivity contribution in [2.24, 2.45) is 11.8 Å². The minimum atomic E-state index is -4.56. The Labute approximate surface area is 152 Å². The van der Waals surface area contributed by atoms with Crippen LogP contribution in [0.15, 0.2) is 28.7 Å². The van der Waals surface area contributed by atoms with Crippen molar-refractivity contribution in [3.8, 4) is 11.3 Å². The van der Waals surface area contributed by atoms with Gasteiger partial charge in [-0.15, -0.1) is 0 Å². The highest BCUT2D eigenvalue weighted by Crippen LogP contribution is 2.38. The maximum Gasteiger partial charge on any atom is 0.393 e. The van der Waals surface area contributed by atoms with Crippen LogP contribution in [0.3, 0.4) is 0 Å². The number of rotatable bonds is 4. The van der Waals surface area contributed by atoms with E-state index in [-0.39, 0.29) is 19.0 Å². The van der Waals surface area contributed by atoms with Crippen LogP contribution in [0.25, 0.3) is 11.3 Å². The molecule has 2 aromatic rings. The molecular formula is C17H16ClF3N2O3. The predicted molar refractivity (Wildman–Crippen MR) is 87.6 cm³/mol. The van der Waals surface area contributed by atoms with Crippen LogP contribution in [0.4, 0.5) is 13.2 Å². The lowest BCUT2D eigenvalue weighted by Crippen LogP contribution is -2.33. The van der Waals surface area contributed by atoms with Gasteiger partial charge in [0.25, 0.3) is 0 Å². The molecule has 0 radical (unpaired) electrons. The summed E-state index contributed by atoms with van der Waals surface area (Å²) in [6, 6.07) is 6.92. The van der Waals surface area contributed by atoms with Gasteiger partial charge in [-0.05, 0) is 31.2 Å². The molecule has 1 aromatic heterocycles. The fourth-order valence-electron chi connectivity index (χ4n) is 3.18. The van der Waals surface area contributed by atoms with Gasteiger partial charge in [0, 0.05) is 23.7 Å². The van der Waals surface area contributed by atoms with E-state index in [1.165, 1.54) is 4.90 Å². The van der Waals surface area contributed by atoms with Crippen LogP contribution in [0.2, 0.25) is 5.02 Å². The minimum absolute atomic E-state index is 0.0186. The Bertz CT molecular complexity index is 805. The summed E-state index contributed by atoms with van der Waals surface area (Å²) >= 11 is 5.85. The number of carboxylic acids is 1. The zero-order chi connectivity index (χ0) is 19.1. The van der Waals surface area contributed by atoms with Crippen LogP contribution < -0.4 is 0 Å². The van der Waals surface area contributed by atoms with Gasteiger partial charge in [0.1, 0.15) is 0 Å². The van der Waals surface area contributed by atoms with Crippen LogP contribution >= 0.6 is 11.6 Å². The lowest BCUT2D eigenvalue weighted by atomic mass is 9.96. The average Bonchev–Trinajstić information content (AvgIpc) is 3.12. The number of nitrogens with zero attached hydrogens (tertiary/aromatic N) is 2. The van der Waals surface area contributed by atoms with Crippen molar-refractivity contribution in [2.45, 2.75) is 19.6 Å². The molecule has 2 atom stereocenters. The Morgan fingerprint density at radius 2 is 2.00 bits per heavy atom. The topological polar surface area (TPSA) is 66.6 Å². The number of hydrogen-bond donors (Lipinski definition) is 1. The summed E-state index contributed by atoms with van der Waals surface area (Å²) in [6.07, 6.45) is -4.56. The Balaban J connectivity index is 1.77. The second-order valence-corrected chi connectivity index (χ2v) is 6.75. The first-order chi connectivity index (χ1) is 12.1. The van der Waals surface area contributed by atoms with Gasteiger partial charge in [0.2, 0.25) is 5.89 Å². The number of carboxylic acid groups (broad SMARTS) is 1. The third-order valence-corrected chi connectivity index (χ3v) is 4.69. The van der Waals surface area contributed by atoms with E-state index in [0.717, 1.165) is 5.56 Å². The first-order valence-corrected chi connectivity index (χ1v) is 8.27. The van der Waals surface area contributed by atoms with Crippen molar-refractivity contribution >= 4 is 17.6 Å². The maximum absolute atomic E-state index is 13.1. The lowest BCUT2D eigenvalue weighted by Gasteiger charge is -2.18. The number of alkyl halides is 3. The molecule has 1 aliphatic rings. The third kappa shape index (κ3) is 3.86. The quantitative estimate of drug-likeness (QED) is 0.857. The molecule has 5 nitrogen and oxygen atoms in total. The highest BCUT2D eigenvalue weighted by atomic mass is 35.5. The standard InChI is InChI=1S/C17H16ClF3N2O3/c1-9-15(10-2-4-11(18)5-3-10)26-14(22-9)8-23-6-12(16(24)25)13(7-23)17(19,20)21/h2-5,12-13H,6-8H2,1H3,(H,24,25)/t12-,13-/m1/s1. The van der Waals surface area contributed by atoms with Gasteiger partial charge in [0.15, 0.2) is 5.76 Å². The van der Waals surface area contributed by atoms with Gasteiger partial charge in [-0.25, -0.2) is 4.98 Å². The molecule has 0 aliphatic carbocycles. The van der Waals surface area contributed by atoms with Crippen LogP contribution in [-0.2, 0) is 11.3 Å². The third-order valence-electron chi connectivity index (χ3n) is 4.44. The zero-order valence-corrected chi connectivity index (χ0v) is 14.5. The normalized spacial score (nSPS) is 21.3. The Morgan fingerprint density at radius 3 is 2.54 bits per heavy atom. The van der Waals surface area contributed by atoms with E-state index in [2.05, 4.69) is 4.98 Å². The summed E-state index contributed by atoms with van der Waals surface area (Å²) in [5.41, 5.74) is 1.35. The van der Waals surface area contributed by atoms with Gasteiger partial charge in [-0.3, -0.25) is 9.69 Å². The molecule has 1 N–H and O–H groups in total. The van der Waals surface area contributed by atoms with Crippen LogP contribution in [-0.4, -0.2) is 40.2 Å². The minimum Gasteiger partial charge on any atom is -0.481 e. The first kappa shape index (κ1) is 18.7. The van der Waals surface area contributed by atoms with Crippen LogP contribution in [0.1, 0.15) is 11.6 Å². The van der Waals surface area contributed by atoms with E-state index in [1.807, 2.05) is 0 Å². The summed E-state index contributed by atoms with van der Waals surface area (Å²) in [4.78, 5) is 16.8. The number of hydrogen-bond acceptors (Lipinski definition) is 4. The van der Waals surface area contributed by atoms with E-state index in [0.29, 0.717) is 16.5 Å². The summed E-state index contributed by atoms with van der Waals surface area (Å²) in [5.74, 6) is -4.06. The molecule has 0 saturated carbocycles. The second-order valence-electron chi connectivity index (χ2n) is 6.32. The Morgan fingerprint density at radius 1 is 1.35 bits per heavy atom. The molecule has 0 amide bonds. The number of aliphatic carboxylic acids is 1. The van der Waals surface area contributed by atoms with Crippen molar-refractivity contribution < 1.29 is 27.5 Å². The summed E-state index contributed by atoms with van der Waals surface area (Å²) < 4.78 is 44.9. The maximum atomic E-state index is 13.1. The van der Waals surface area contributed by atoms with E-state index in [9.17, 15) is 18.0 Å². The Kier molecular flexibility index (Phi) is 4.98. The van der Waals surface area contributed by atoms with Crippen molar-refractivity contribution in [2.75, 3.05) is 13.1 Å². The number of aryl methyl sites for hydroxylation is 1. The number of likely N-dealkylation sites (tertiary alicyclic amines) is 1. The molecule has 0 spiro atoms. The number of halogens is 4. The fraction of sp³-hybridized carbons (Fsp3) is 0.412.